The summed E-state index contributed by atoms with van der Waals surface area (Å²) in [6.07, 6.45) is 1.64. The number of aromatic nitrogens is 1. The second kappa shape index (κ2) is 6.30. The number of benzene rings is 1. The molecule has 118 valence electrons. The molecule has 0 amide bonds. The van der Waals surface area contributed by atoms with Crippen molar-refractivity contribution in [3.05, 3.63) is 42.1 Å². The highest BCUT2D eigenvalue weighted by molar-refractivity contribution is 5.70. The minimum Gasteiger partial charge on any atom is -0.481 e. The smallest absolute Gasteiger partial charge is 0.387 e. The molecule has 0 N–H and O–H groups in total. The van der Waals surface area contributed by atoms with Crippen LogP contribution in [0.25, 0.3) is 11.1 Å². The SMILES string of the molecule is COc1ncccc1-c1ccc(OC(F)F)c(C(C)(C)C)c1. The molecule has 1 heterocycles. The van der Waals surface area contributed by atoms with E-state index in [4.69, 9.17) is 4.74 Å². The quantitative estimate of drug-likeness (QED) is 0.823. The van der Waals surface area contributed by atoms with Gasteiger partial charge >= 0.3 is 6.61 Å². The minimum atomic E-state index is -2.85. The van der Waals surface area contributed by atoms with Gasteiger partial charge in [-0.3, -0.25) is 0 Å². The van der Waals surface area contributed by atoms with Crippen molar-refractivity contribution in [2.75, 3.05) is 7.11 Å². The molecule has 1 aromatic carbocycles. The van der Waals surface area contributed by atoms with Gasteiger partial charge in [0.15, 0.2) is 0 Å². The van der Waals surface area contributed by atoms with E-state index < -0.39 is 6.61 Å². The van der Waals surface area contributed by atoms with Crippen LogP contribution in [0.1, 0.15) is 26.3 Å². The van der Waals surface area contributed by atoms with Crippen LogP contribution < -0.4 is 9.47 Å². The molecule has 0 saturated carbocycles. The summed E-state index contributed by atoms with van der Waals surface area (Å²) in [5.74, 6) is 0.680. The van der Waals surface area contributed by atoms with E-state index in [-0.39, 0.29) is 11.2 Å². The molecule has 0 bridgehead atoms. The number of methoxy groups -OCH3 is 1. The average molecular weight is 307 g/mol. The van der Waals surface area contributed by atoms with Gasteiger partial charge in [-0.05, 0) is 35.2 Å². The van der Waals surface area contributed by atoms with Crippen LogP contribution in [-0.4, -0.2) is 18.7 Å². The Bertz CT molecular complexity index is 651. The van der Waals surface area contributed by atoms with Crippen molar-refractivity contribution in [1.82, 2.24) is 4.98 Å². The second-order valence-corrected chi connectivity index (χ2v) is 5.90. The van der Waals surface area contributed by atoms with E-state index in [1.54, 1.807) is 31.5 Å². The first-order chi connectivity index (χ1) is 10.3. The van der Waals surface area contributed by atoms with Crippen molar-refractivity contribution in [3.63, 3.8) is 0 Å². The van der Waals surface area contributed by atoms with Gasteiger partial charge in [0.1, 0.15) is 5.75 Å². The fourth-order valence-corrected chi connectivity index (χ4v) is 2.26. The number of pyridine rings is 1. The molecular weight excluding hydrogens is 288 g/mol. The fourth-order valence-electron chi connectivity index (χ4n) is 2.26. The third-order valence-electron chi connectivity index (χ3n) is 3.28. The molecule has 1 aromatic heterocycles. The van der Waals surface area contributed by atoms with Crippen LogP contribution in [0, 0.1) is 0 Å². The van der Waals surface area contributed by atoms with Crippen molar-refractivity contribution in [2.24, 2.45) is 0 Å². The van der Waals surface area contributed by atoms with E-state index in [1.165, 1.54) is 0 Å². The maximum Gasteiger partial charge on any atom is 0.387 e. The maximum absolute atomic E-state index is 12.6. The zero-order chi connectivity index (χ0) is 16.3. The van der Waals surface area contributed by atoms with Gasteiger partial charge in [-0.2, -0.15) is 8.78 Å². The summed E-state index contributed by atoms with van der Waals surface area (Å²) >= 11 is 0. The standard InChI is InChI=1S/C17H19F2NO2/c1-17(2,3)13-10-11(7-8-14(13)22-16(18)19)12-6-5-9-20-15(12)21-4/h5-10,16H,1-4H3. The molecule has 0 saturated heterocycles. The maximum atomic E-state index is 12.6. The summed E-state index contributed by atoms with van der Waals surface area (Å²) in [6, 6.07) is 8.82. The van der Waals surface area contributed by atoms with E-state index >= 15 is 0 Å². The fraction of sp³-hybridized carbons (Fsp3) is 0.353. The van der Waals surface area contributed by atoms with Gasteiger partial charge in [0.2, 0.25) is 5.88 Å². The normalized spacial score (nSPS) is 11.6. The highest BCUT2D eigenvalue weighted by Gasteiger charge is 2.22. The number of rotatable bonds is 4. The van der Waals surface area contributed by atoms with Crippen molar-refractivity contribution < 1.29 is 18.3 Å². The number of ether oxygens (including phenoxy) is 2. The number of hydrogen-bond donors (Lipinski definition) is 0. The topological polar surface area (TPSA) is 31.4 Å². The van der Waals surface area contributed by atoms with Crippen LogP contribution >= 0.6 is 0 Å². The zero-order valence-corrected chi connectivity index (χ0v) is 13.1. The average Bonchev–Trinajstić information content (AvgIpc) is 2.46. The van der Waals surface area contributed by atoms with Crippen molar-refractivity contribution in [3.8, 4) is 22.8 Å². The van der Waals surface area contributed by atoms with E-state index in [2.05, 4.69) is 9.72 Å². The predicted molar refractivity (Wildman–Crippen MR) is 81.6 cm³/mol. The van der Waals surface area contributed by atoms with Crippen molar-refractivity contribution in [2.45, 2.75) is 32.8 Å². The Morgan fingerprint density at radius 2 is 1.86 bits per heavy atom. The molecule has 0 spiro atoms. The van der Waals surface area contributed by atoms with Gasteiger partial charge in [0.05, 0.1) is 7.11 Å². The first-order valence-corrected chi connectivity index (χ1v) is 6.91. The molecule has 5 heteroatoms. The lowest BCUT2D eigenvalue weighted by atomic mass is 9.84. The van der Waals surface area contributed by atoms with Crippen LogP contribution in [0.5, 0.6) is 11.6 Å². The van der Waals surface area contributed by atoms with Gasteiger partial charge < -0.3 is 9.47 Å². The Morgan fingerprint density at radius 3 is 2.45 bits per heavy atom. The van der Waals surface area contributed by atoms with Crippen molar-refractivity contribution in [1.29, 1.82) is 0 Å². The van der Waals surface area contributed by atoms with Crippen LogP contribution in [0.2, 0.25) is 0 Å². The summed E-state index contributed by atoms with van der Waals surface area (Å²) in [5, 5.41) is 0. The number of hydrogen-bond acceptors (Lipinski definition) is 3. The van der Waals surface area contributed by atoms with Crippen LogP contribution in [0.4, 0.5) is 8.78 Å². The number of alkyl halides is 2. The molecule has 0 atom stereocenters. The molecule has 0 unspecified atom stereocenters. The van der Waals surface area contributed by atoms with Crippen LogP contribution in [0.3, 0.4) is 0 Å². The second-order valence-electron chi connectivity index (χ2n) is 5.90. The third-order valence-corrected chi connectivity index (χ3v) is 3.28. The Balaban J connectivity index is 2.56. The molecule has 0 aliphatic rings. The molecule has 0 fully saturated rings. The molecule has 0 radical (unpaired) electrons. The Morgan fingerprint density at radius 1 is 1.14 bits per heavy atom. The van der Waals surface area contributed by atoms with Gasteiger partial charge in [-0.1, -0.05) is 26.8 Å². The molecule has 0 aliphatic heterocycles. The van der Waals surface area contributed by atoms with Crippen LogP contribution in [-0.2, 0) is 5.41 Å². The first kappa shape index (κ1) is 16.2. The largest absolute Gasteiger partial charge is 0.481 e. The summed E-state index contributed by atoms with van der Waals surface area (Å²) in [4.78, 5) is 4.16. The summed E-state index contributed by atoms with van der Waals surface area (Å²) in [7, 11) is 1.55. The zero-order valence-electron chi connectivity index (χ0n) is 13.1. The van der Waals surface area contributed by atoms with Gasteiger partial charge in [-0.25, -0.2) is 4.98 Å². The summed E-state index contributed by atoms with van der Waals surface area (Å²) in [5.41, 5.74) is 2.02. The van der Waals surface area contributed by atoms with Crippen molar-refractivity contribution >= 4 is 0 Å². The molecule has 2 rings (SSSR count). The molecule has 22 heavy (non-hydrogen) atoms. The van der Waals surface area contributed by atoms with Gasteiger partial charge in [0.25, 0.3) is 0 Å². The monoisotopic (exact) mass is 307 g/mol. The molecule has 2 aromatic rings. The number of halogens is 2. The minimum absolute atomic E-state index is 0.189. The van der Waals surface area contributed by atoms with Crippen LogP contribution in [0.15, 0.2) is 36.5 Å². The summed E-state index contributed by atoms with van der Waals surface area (Å²) < 4.78 is 35.1. The van der Waals surface area contributed by atoms with E-state index in [0.29, 0.717) is 11.4 Å². The van der Waals surface area contributed by atoms with E-state index in [1.807, 2.05) is 32.9 Å². The highest BCUT2D eigenvalue weighted by Crippen LogP contribution is 2.37. The Kier molecular flexibility index (Phi) is 4.64. The van der Waals surface area contributed by atoms with E-state index in [9.17, 15) is 8.78 Å². The summed E-state index contributed by atoms with van der Waals surface area (Å²) in [6.45, 7) is 3.00. The Labute approximate surface area is 128 Å². The molecule has 0 aliphatic carbocycles. The van der Waals surface area contributed by atoms with E-state index in [0.717, 1.165) is 11.1 Å². The lowest BCUT2D eigenvalue weighted by Gasteiger charge is -2.23. The predicted octanol–water partition coefficient (Wildman–Crippen LogP) is 4.66. The lowest BCUT2D eigenvalue weighted by Crippen LogP contribution is -2.15. The molecule has 3 nitrogen and oxygen atoms in total. The highest BCUT2D eigenvalue weighted by atomic mass is 19.3. The first-order valence-electron chi connectivity index (χ1n) is 6.91. The Hall–Kier alpha value is -2.17. The third kappa shape index (κ3) is 3.53. The van der Waals surface area contributed by atoms with Gasteiger partial charge in [0, 0.05) is 17.3 Å². The van der Waals surface area contributed by atoms with Gasteiger partial charge in [-0.15, -0.1) is 0 Å². The lowest BCUT2D eigenvalue weighted by molar-refractivity contribution is -0.0508. The molecular formula is C17H19F2NO2. The number of nitrogens with zero attached hydrogens (tertiary/aromatic N) is 1.